The van der Waals surface area contributed by atoms with Crippen molar-refractivity contribution in [3.63, 3.8) is 0 Å². The number of carbonyl (C=O) groups is 3. The van der Waals surface area contributed by atoms with Crippen molar-refractivity contribution in [1.29, 1.82) is 0 Å². The zero-order valence-electron chi connectivity index (χ0n) is 44.3. The van der Waals surface area contributed by atoms with E-state index in [-0.39, 0.29) is 31.1 Å². The first kappa shape index (κ1) is 63.4. The van der Waals surface area contributed by atoms with E-state index in [0.717, 1.165) is 57.8 Å². The van der Waals surface area contributed by atoms with Crippen molar-refractivity contribution in [2.75, 3.05) is 13.2 Å². The predicted molar refractivity (Wildman–Crippen MR) is 280 cm³/mol. The Hall–Kier alpha value is -1.59. The summed E-state index contributed by atoms with van der Waals surface area (Å²) < 4.78 is 16.8. The van der Waals surface area contributed by atoms with Crippen molar-refractivity contribution >= 4 is 17.9 Å². The van der Waals surface area contributed by atoms with E-state index in [4.69, 9.17) is 14.2 Å². The standard InChI is InChI=1S/C59H114O6/c1-4-7-10-13-16-19-21-23-25-27-29-31-32-34-36-38-40-43-46-49-52-58(61)64-55-56(54-63-57(60)51-48-45-42-18-15-12-9-6-3)65-59(62)53-50-47-44-41-39-37-35-33-30-28-26-24-22-20-17-14-11-8-5-2/h56H,4-55H2,1-3H3. The minimum atomic E-state index is -0.760. The second-order valence-corrected chi connectivity index (χ2v) is 20.3. The molecule has 65 heavy (non-hydrogen) atoms. The summed E-state index contributed by atoms with van der Waals surface area (Å²) in [5.74, 6) is -0.838. The molecule has 1 atom stereocenters. The van der Waals surface area contributed by atoms with Gasteiger partial charge in [0.15, 0.2) is 6.10 Å². The van der Waals surface area contributed by atoms with E-state index in [0.29, 0.717) is 19.3 Å². The van der Waals surface area contributed by atoms with Crippen molar-refractivity contribution in [2.45, 2.75) is 348 Å². The minimum absolute atomic E-state index is 0.0615. The van der Waals surface area contributed by atoms with E-state index >= 15 is 0 Å². The van der Waals surface area contributed by atoms with E-state index in [2.05, 4.69) is 20.8 Å². The Kier molecular flexibility index (Phi) is 53.7. The topological polar surface area (TPSA) is 78.9 Å². The van der Waals surface area contributed by atoms with Gasteiger partial charge in [0.1, 0.15) is 13.2 Å². The van der Waals surface area contributed by atoms with E-state index in [1.807, 2.05) is 0 Å². The van der Waals surface area contributed by atoms with Crippen LogP contribution >= 0.6 is 0 Å². The first-order valence-electron chi connectivity index (χ1n) is 29.5. The molecule has 0 rings (SSSR count). The first-order chi connectivity index (χ1) is 32.0. The maximum atomic E-state index is 12.8. The molecule has 1 unspecified atom stereocenters. The molecule has 0 saturated heterocycles. The van der Waals surface area contributed by atoms with Crippen molar-refractivity contribution in [2.24, 2.45) is 0 Å². The molecular formula is C59H114O6. The average molecular weight is 920 g/mol. The molecule has 6 nitrogen and oxygen atoms in total. The molecule has 0 amide bonds. The molecule has 6 heteroatoms. The first-order valence-corrected chi connectivity index (χ1v) is 29.5. The fourth-order valence-electron chi connectivity index (χ4n) is 9.15. The van der Waals surface area contributed by atoms with Gasteiger partial charge in [-0.25, -0.2) is 0 Å². The van der Waals surface area contributed by atoms with Crippen LogP contribution in [0.25, 0.3) is 0 Å². The van der Waals surface area contributed by atoms with E-state index < -0.39 is 6.10 Å². The van der Waals surface area contributed by atoms with E-state index in [1.165, 1.54) is 244 Å². The number of esters is 3. The van der Waals surface area contributed by atoms with Crippen LogP contribution in [0.3, 0.4) is 0 Å². The Morgan fingerprint density at radius 3 is 0.615 bits per heavy atom. The lowest BCUT2D eigenvalue weighted by Gasteiger charge is -2.18. The zero-order valence-corrected chi connectivity index (χ0v) is 44.3. The molecule has 0 aliphatic rings. The van der Waals surface area contributed by atoms with Gasteiger partial charge in [0, 0.05) is 19.3 Å². The summed E-state index contributed by atoms with van der Waals surface area (Å²) in [6.07, 6.45) is 61.1. The molecule has 0 fully saturated rings. The van der Waals surface area contributed by atoms with Crippen LogP contribution in [-0.4, -0.2) is 37.2 Å². The smallest absolute Gasteiger partial charge is 0.306 e. The number of rotatable bonds is 55. The number of hydrogen-bond acceptors (Lipinski definition) is 6. The van der Waals surface area contributed by atoms with Crippen LogP contribution in [0.4, 0.5) is 0 Å². The van der Waals surface area contributed by atoms with Crippen LogP contribution in [0.1, 0.15) is 342 Å². The van der Waals surface area contributed by atoms with Gasteiger partial charge in [0.25, 0.3) is 0 Å². The van der Waals surface area contributed by atoms with Crippen LogP contribution < -0.4 is 0 Å². The molecule has 0 bridgehead atoms. The highest BCUT2D eigenvalue weighted by atomic mass is 16.6. The molecule has 0 radical (unpaired) electrons. The molecule has 0 N–H and O–H groups in total. The Balaban J connectivity index is 4.15. The second-order valence-electron chi connectivity index (χ2n) is 20.3. The summed E-state index contributed by atoms with van der Waals surface area (Å²) >= 11 is 0. The van der Waals surface area contributed by atoms with Gasteiger partial charge in [0.05, 0.1) is 0 Å². The molecule has 0 spiro atoms. The molecule has 0 aromatic heterocycles. The molecule has 0 aliphatic heterocycles. The summed E-state index contributed by atoms with van der Waals surface area (Å²) in [5, 5.41) is 0. The molecule has 0 saturated carbocycles. The summed E-state index contributed by atoms with van der Waals surface area (Å²) in [7, 11) is 0. The lowest BCUT2D eigenvalue weighted by molar-refractivity contribution is -0.167. The molecular weight excluding hydrogens is 805 g/mol. The monoisotopic (exact) mass is 919 g/mol. The second kappa shape index (κ2) is 55.0. The molecule has 386 valence electrons. The van der Waals surface area contributed by atoms with Crippen molar-refractivity contribution < 1.29 is 28.6 Å². The maximum absolute atomic E-state index is 12.8. The Morgan fingerprint density at radius 2 is 0.415 bits per heavy atom. The minimum Gasteiger partial charge on any atom is -0.462 e. The molecule has 0 aromatic carbocycles. The van der Waals surface area contributed by atoms with Crippen molar-refractivity contribution in [3.8, 4) is 0 Å². The van der Waals surface area contributed by atoms with Crippen LogP contribution in [0.2, 0.25) is 0 Å². The third-order valence-corrected chi connectivity index (χ3v) is 13.6. The number of ether oxygens (including phenoxy) is 3. The normalized spacial score (nSPS) is 11.9. The van der Waals surface area contributed by atoms with Crippen LogP contribution in [0.15, 0.2) is 0 Å². The molecule has 0 aliphatic carbocycles. The van der Waals surface area contributed by atoms with E-state index in [1.54, 1.807) is 0 Å². The predicted octanol–water partition coefficient (Wildman–Crippen LogP) is 19.5. The number of carbonyl (C=O) groups excluding carboxylic acids is 3. The van der Waals surface area contributed by atoms with Gasteiger partial charge in [-0.1, -0.05) is 303 Å². The number of hydrogen-bond donors (Lipinski definition) is 0. The highest BCUT2D eigenvalue weighted by Crippen LogP contribution is 2.18. The van der Waals surface area contributed by atoms with Gasteiger partial charge in [-0.15, -0.1) is 0 Å². The summed E-state index contributed by atoms with van der Waals surface area (Å²) in [4.78, 5) is 38.0. The van der Waals surface area contributed by atoms with Gasteiger partial charge in [-0.2, -0.15) is 0 Å². The summed E-state index contributed by atoms with van der Waals surface area (Å²) in [5.41, 5.74) is 0. The lowest BCUT2D eigenvalue weighted by Crippen LogP contribution is -2.30. The Bertz CT molecular complexity index is 967. The third-order valence-electron chi connectivity index (χ3n) is 13.6. The maximum Gasteiger partial charge on any atom is 0.306 e. The fourth-order valence-corrected chi connectivity index (χ4v) is 9.15. The van der Waals surface area contributed by atoms with Gasteiger partial charge in [-0.3, -0.25) is 14.4 Å². The van der Waals surface area contributed by atoms with Crippen molar-refractivity contribution in [1.82, 2.24) is 0 Å². The van der Waals surface area contributed by atoms with Gasteiger partial charge >= 0.3 is 17.9 Å². The summed E-state index contributed by atoms with van der Waals surface area (Å²) in [6.45, 7) is 6.68. The molecule has 0 aromatic rings. The SMILES string of the molecule is CCCCCCCCCCCCCCCCCCCCCCC(=O)OCC(COC(=O)CCCCCCCCCC)OC(=O)CCCCCCCCCCCCCCCCCCCCC. The van der Waals surface area contributed by atoms with Crippen LogP contribution in [0, 0.1) is 0 Å². The Labute approximate surface area is 406 Å². The van der Waals surface area contributed by atoms with Crippen molar-refractivity contribution in [3.05, 3.63) is 0 Å². The lowest BCUT2D eigenvalue weighted by atomic mass is 10.0. The summed E-state index contributed by atoms with van der Waals surface area (Å²) in [6, 6.07) is 0. The highest BCUT2D eigenvalue weighted by molar-refractivity contribution is 5.71. The molecule has 0 heterocycles. The van der Waals surface area contributed by atoms with Gasteiger partial charge in [-0.05, 0) is 19.3 Å². The Morgan fingerprint density at radius 1 is 0.246 bits per heavy atom. The zero-order chi connectivity index (χ0) is 47.2. The van der Waals surface area contributed by atoms with Gasteiger partial charge in [0.2, 0.25) is 0 Å². The highest BCUT2D eigenvalue weighted by Gasteiger charge is 2.19. The van der Waals surface area contributed by atoms with E-state index in [9.17, 15) is 14.4 Å². The van der Waals surface area contributed by atoms with Crippen LogP contribution in [-0.2, 0) is 28.6 Å². The largest absolute Gasteiger partial charge is 0.462 e. The van der Waals surface area contributed by atoms with Gasteiger partial charge < -0.3 is 14.2 Å². The number of unbranched alkanes of at least 4 members (excludes halogenated alkanes) is 44. The quantitative estimate of drug-likeness (QED) is 0.0344. The van der Waals surface area contributed by atoms with Crippen LogP contribution in [0.5, 0.6) is 0 Å². The average Bonchev–Trinajstić information content (AvgIpc) is 3.30. The fraction of sp³-hybridized carbons (Fsp3) is 0.949. The third kappa shape index (κ3) is 53.2.